The third kappa shape index (κ3) is 3.89. The Morgan fingerprint density at radius 1 is 1.10 bits per heavy atom. The molecular weight excluding hydrogens is 289 g/mol. The van der Waals surface area contributed by atoms with Crippen LogP contribution in [-0.4, -0.2) is 8.42 Å². The lowest BCUT2D eigenvalue weighted by Crippen LogP contribution is -2.10. The first-order valence-electron chi connectivity index (χ1n) is 6.35. The van der Waals surface area contributed by atoms with E-state index in [1.165, 1.54) is 6.07 Å². The number of sulfone groups is 1. The minimum absolute atomic E-state index is 0.124. The van der Waals surface area contributed by atoms with Gasteiger partial charge >= 0.3 is 0 Å². The minimum Gasteiger partial charge on any atom is -0.228 e. The highest BCUT2D eigenvalue weighted by atomic mass is 32.2. The molecule has 0 saturated carbocycles. The number of benzene rings is 2. The second-order valence-electron chi connectivity index (χ2n) is 4.87. The topological polar surface area (TPSA) is 57.9 Å². The molecule has 0 aromatic heterocycles. The Kier molecular flexibility index (Phi) is 4.39. The van der Waals surface area contributed by atoms with Crippen LogP contribution in [0.25, 0.3) is 0 Å². The number of aryl methyl sites for hydroxylation is 1. The Hall–Kier alpha value is -2.19. The first-order valence-corrected chi connectivity index (χ1v) is 8.17. The molecule has 0 fully saturated rings. The van der Waals surface area contributed by atoms with Crippen molar-refractivity contribution in [3.8, 4) is 6.07 Å². The fourth-order valence-electron chi connectivity index (χ4n) is 2.09. The molecule has 2 aromatic carbocycles. The molecule has 0 heterocycles. The zero-order chi connectivity index (χ0) is 15.5. The van der Waals surface area contributed by atoms with Gasteiger partial charge in [-0.1, -0.05) is 24.3 Å². The van der Waals surface area contributed by atoms with Crippen molar-refractivity contribution in [2.45, 2.75) is 18.4 Å². The molecule has 2 aromatic rings. The van der Waals surface area contributed by atoms with Crippen molar-refractivity contribution in [1.82, 2.24) is 0 Å². The molecule has 0 spiro atoms. The van der Waals surface area contributed by atoms with Gasteiger partial charge in [0.05, 0.1) is 23.1 Å². The maximum Gasteiger partial charge on any atom is 0.158 e. The van der Waals surface area contributed by atoms with Gasteiger partial charge < -0.3 is 0 Å². The minimum atomic E-state index is -3.48. The number of nitrogens with zero attached hydrogens (tertiary/aromatic N) is 1. The first-order chi connectivity index (χ1) is 9.91. The maximum absolute atomic E-state index is 13.2. The van der Waals surface area contributed by atoms with Gasteiger partial charge in [-0.25, -0.2) is 12.8 Å². The largest absolute Gasteiger partial charge is 0.228 e. The molecule has 108 valence electrons. The summed E-state index contributed by atoms with van der Waals surface area (Å²) in [5.41, 5.74) is 1.99. The molecule has 0 aliphatic rings. The Balaban J connectivity index is 2.29. The molecule has 0 aliphatic carbocycles. The van der Waals surface area contributed by atoms with Gasteiger partial charge in [0.2, 0.25) is 0 Å². The highest BCUT2D eigenvalue weighted by molar-refractivity contribution is 7.89. The van der Waals surface area contributed by atoms with Crippen molar-refractivity contribution < 1.29 is 12.8 Å². The average Bonchev–Trinajstić information content (AvgIpc) is 2.41. The van der Waals surface area contributed by atoms with E-state index in [1.54, 1.807) is 12.1 Å². The zero-order valence-electron chi connectivity index (χ0n) is 11.5. The molecular formula is C16H14FNO2S. The molecule has 0 unspecified atom stereocenters. The molecule has 0 bridgehead atoms. The van der Waals surface area contributed by atoms with E-state index >= 15 is 0 Å². The summed E-state index contributed by atoms with van der Waals surface area (Å²) in [4.78, 5) is 0. The van der Waals surface area contributed by atoms with Crippen LogP contribution in [0.5, 0.6) is 0 Å². The summed E-state index contributed by atoms with van der Waals surface area (Å²) in [6.45, 7) is 1.84. The number of hydrogen-bond donors (Lipinski definition) is 0. The van der Waals surface area contributed by atoms with Gasteiger partial charge in [0.25, 0.3) is 0 Å². The highest BCUT2D eigenvalue weighted by Crippen LogP contribution is 2.18. The van der Waals surface area contributed by atoms with E-state index in [0.29, 0.717) is 5.56 Å². The van der Waals surface area contributed by atoms with Crippen molar-refractivity contribution in [2.75, 3.05) is 0 Å². The van der Waals surface area contributed by atoms with Gasteiger partial charge in [0, 0.05) is 0 Å². The van der Waals surface area contributed by atoms with Crippen LogP contribution in [0.15, 0.2) is 42.5 Å². The number of halogens is 1. The smallest absolute Gasteiger partial charge is 0.158 e. The van der Waals surface area contributed by atoms with Crippen LogP contribution in [0.4, 0.5) is 4.39 Å². The molecule has 0 atom stereocenters. The summed E-state index contributed by atoms with van der Waals surface area (Å²) >= 11 is 0. The average molecular weight is 303 g/mol. The first kappa shape index (κ1) is 15.2. The van der Waals surface area contributed by atoms with Crippen LogP contribution in [0, 0.1) is 24.1 Å². The molecule has 0 amide bonds. The predicted octanol–water partition coefficient (Wildman–Crippen LogP) is 3.12. The van der Waals surface area contributed by atoms with Gasteiger partial charge in [-0.2, -0.15) is 5.26 Å². The van der Waals surface area contributed by atoms with Crippen LogP contribution in [0.2, 0.25) is 0 Å². The summed E-state index contributed by atoms with van der Waals surface area (Å²) in [5.74, 6) is -1.02. The second-order valence-corrected chi connectivity index (χ2v) is 6.94. The van der Waals surface area contributed by atoms with Crippen LogP contribution in [0.1, 0.15) is 22.3 Å². The lowest BCUT2D eigenvalue weighted by molar-refractivity contribution is 0.593. The van der Waals surface area contributed by atoms with Gasteiger partial charge in [0.1, 0.15) is 5.82 Å². The molecule has 0 radical (unpaired) electrons. The lowest BCUT2D eigenvalue weighted by Gasteiger charge is -2.08. The number of hydrogen-bond acceptors (Lipinski definition) is 3. The van der Waals surface area contributed by atoms with Gasteiger partial charge in [-0.3, -0.25) is 0 Å². The summed E-state index contributed by atoms with van der Waals surface area (Å²) in [7, 11) is -3.48. The maximum atomic E-state index is 13.2. The molecule has 5 heteroatoms. The molecule has 3 nitrogen and oxygen atoms in total. The Morgan fingerprint density at radius 3 is 2.43 bits per heavy atom. The van der Waals surface area contributed by atoms with Crippen molar-refractivity contribution in [3.05, 3.63) is 70.5 Å². The van der Waals surface area contributed by atoms with E-state index in [1.807, 2.05) is 25.1 Å². The SMILES string of the molecule is Cc1ccccc1CS(=O)(=O)Cc1cc(F)ccc1C#N. The zero-order valence-corrected chi connectivity index (χ0v) is 12.3. The van der Waals surface area contributed by atoms with E-state index in [2.05, 4.69) is 0 Å². The van der Waals surface area contributed by atoms with Crippen LogP contribution in [-0.2, 0) is 21.3 Å². The van der Waals surface area contributed by atoms with Gasteiger partial charge in [-0.05, 0) is 41.8 Å². The Bertz CT molecular complexity index is 807. The standard InChI is InChI=1S/C16H14FNO2S/c1-12-4-2-3-5-14(12)10-21(19,20)11-15-8-16(17)7-6-13(15)9-18/h2-8H,10-11H2,1H3. The van der Waals surface area contributed by atoms with Gasteiger partial charge in [0.15, 0.2) is 9.84 Å². The quantitative estimate of drug-likeness (QED) is 0.872. The molecule has 2 rings (SSSR count). The summed E-state index contributed by atoms with van der Waals surface area (Å²) < 4.78 is 37.8. The molecule has 21 heavy (non-hydrogen) atoms. The number of rotatable bonds is 4. The fourth-order valence-corrected chi connectivity index (χ4v) is 3.70. The molecule has 0 saturated heterocycles. The third-order valence-corrected chi connectivity index (χ3v) is 4.70. The van der Waals surface area contributed by atoms with Crippen molar-refractivity contribution in [1.29, 1.82) is 5.26 Å². The van der Waals surface area contributed by atoms with Crippen LogP contribution >= 0.6 is 0 Å². The fraction of sp³-hybridized carbons (Fsp3) is 0.188. The third-order valence-electron chi connectivity index (χ3n) is 3.20. The molecule has 0 N–H and O–H groups in total. The van der Waals surface area contributed by atoms with E-state index in [-0.39, 0.29) is 22.6 Å². The Morgan fingerprint density at radius 2 is 1.76 bits per heavy atom. The van der Waals surface area contributed by atoms with E-state index in [4.69, 9.17) is 5.26 Å². The van der Waals surface area contributed by atoms with Gasteiger partial charge in [-0.15, -0.1) is 0 Å². The van der Waals surface area contributed by atoms with Crippen molar-refractivity contribution in [2.24, 2.45) is 0 Å². The Labute approximate surface area is 123 Å². The van der Waals surface area contributed by atoms with Crippen molar-refractivity contribution >= 4 is 9.84 Å². The van der Waals surface area contributed by atoms with E-state index < -0.39 is 15.7 Å². The van der Waals surface area contributed by atoms with Crippen molar-refractivity contribution in [3.63, 3.8) is 0 Å². The number of nitriles is 1. The van der Waals surface area contributed by atoms with E-state index in [9.17, 15) is 12.8 Å². The summed E-state index contributed by atoms with van der Waals surface area (Å²) in [5, 5.41) is 8.97. The molecule has 0 aliphatic heterocycles. The lowest BCUT2D eigenvalue weighted by atomic mass is 10.1. The summed E-state index contributed by atoms with van der Waals surface area (Å²) in [6.07, 6.45) is 0. The van der Waals surface area contributed by atoms with E-state index in [0.717, 1.165) is 17.7 Å². The monoisotopic (exact) mass is 303 g/mol. The normalized spacial score (nSPS) is 11.1. The van der Waals surface area contributed by atoms with Crippen LogP contribution in [0.3, 0.4) is 0 Å². The second kappa shape index (κ2) is 6.06. The highest BCUT2D eigenvalue weighted by Gasteiger charge is 2.17. The predicted molar refractivity (Wildman–Crippen MR) is 78.6 cm³/mol. The van der Waals surface area contributed by atoms with Crippen LogP contribution < -0.4 is 0 Å². The summed E-state index contributed by atoms with van der Waals surface area (Å²) in [6, 6.07) is 12.7.